The second-order valence-electron chi connectivity index (χ2n) is 8.15. The lowest BCUT2D eigenvalue weighted by Gasteiger charge is -2.19. The molecule has 1 atom stereocenters. The lowest BCUT2D eigenvalue weighted by Crippen LogP contribution is -2.34. The molecule has 0 spiro atoms. The Hall–Kier alpha value is -2.21. The number of hydrogen-bond acceptors (Lipinski definition) is 7. The van der Waals surface area contributed by atoms with E-state index in [4.69, 9.17) is 38.0 Å². The smallest absolute Gasteiger partial charge is 0.344 e. The van der Waals surface area contributed by atoms with E-state index in [1.165, 1.54) is 25.3 Å². The van der Waals surface area contributed by atoms with Gasteiger partial charge in [0, 0.05) is 10.9 Å². The maximum atomic E-state index is 12.7. The highest BCUT2D eigenvalue weighted by Crippen LogP contribution is 2.35. The van der Waals surface area contributed by atoms with Crippen LogP contribution in [-0.2, 0) is 9.53 Å². The minimum Gasteiger partial charge on any atom is -0.493 e. The number of esters is 1. The van der Waals surface area contributed by atoms with Crippen LogP contribution in [0, 0.1) is 0 Å². The Labute approximate surface area is 227 Å². The van der Waals surface area contributed by atoms with Crippen LogP contribution in [0.4, 0.5) is 5.69 Å². The van der Waals surface area contributed by atoms with Crippen LogP contribution < -0.4 is 20.1 Å². The average Bonchev–Trinajstić information content (AvgIpc) is 3.22. The van der Waals surface area contributed by atoms with Crippen molar-refractivity contribution in [2.24, 2.45) is 0 Å². The van der Waals surface area contributed by atoms with E-state index in [-0.39, 0.29) is 23.0 Å². The third-order valence-electron chi connectivity index (χ3n) is 4.43. The van der Waals surface area contributed by atoms with Gasteiger partial charge in [-0.2, -0.15) is 5.10 Å². The molecule has 0 aliphatic rings. The van der Waals surface area contributed by atoms with Crippen LogP contribution in [0.15, 0.2) is 36.5 Å². The Bertz CT molecular complexity index is 1280. The molecule has 1 amide bonds. The van der Waals surface area contributed by atoms with E-state index in [0.717, 1.165) is 10.9 Å². The summed E-state index contributed by atoms with van der Waals surface area (Å²) in [5, 5.41) is 11.2. The number of ether oxygens (including phenoxy) is 3. The van der Waals surface area contributed by atoms with E-state index in [1.54, 1.807) is 33.0 Å². The van der Waals surface area contributed by atoms with Gasteiger partial charge in [0.2, 0.25) is 0 Å². The van der Waals surface area contributed by atoms with Gasteiger partial charge in [-0.25, -0.2) is 9.25 Å². The highest BCUT2D eigenvalue weighted by molar-refractivity contribution is 14.2. The average molecular weight is 649 g/mol. The lowest BCUT2D eigenvalue weighted by atomic mass is 10.2. The first-order chi connectivity index (χ1) is 16.5. The third kappa shape index (κ3) is 7.16. The summed E-state index contributed by atoms with van der Waals surface area (Å²) in [6.07, 6.45) is 2.13. The van der Waals surface area contributed by atoms with Crippen LogP contribution >= 0.6 is 52.2 Å². The summed E-state index contributed by atoms with van der Waals surface area (Å²) in [4.78, 5) is 24.6. The van der Waals surface area contributed by atoms with Crippen LogP contribution in [-0.4, -0.2) is 45.9 Å². The van der Waals surface area contributed by atoms with Crippen molar-refractivity contribution in [3.8, 4) is 11.5 Å². The number of aromatic nitrogens is 2. The van der Waals surface area contributed by atoms with Gasteiger partial charge in [-0.1, -0.05) is 11.6 Å². The van der Waals surface area contributed by atoms with E-state index in [0.29, 0.717) is 22.8 Å². The molecular formula is C22H23ClIN4O5PS. The monoisotopic (exact) mass is 648 g/mol. The maximum Gasteiger partial charge on any atom is 0.344 e. The van der Waals surface area contributed by atoms with Crippen LogP contribution in [0.3, 0.4) is 0 Å². The topological polar surface area (TPSA) is 104 Å². The fourth-order valence-corrected chi connectivity index (χ4v) is 5.00. The number of hydrogen-bond donors (Lipinski definition) is 2. The van der Waals surface area contributed by atoms with Crippen molar-refractivity contribution in [1.29, 1.82) is 0 Å². The van der Waals surface area contributed by atoms with Gasteiger partial charge in [-0.3, -0.25) is 10.1 Å². The van der Waals surface area contributed by atoms with E-state index >= 15 is 0 Å². The van der Waals surface area contributed by atoms with Crippen LogP contribution in [0.2, 0.25) is 5.02 Å². The number of rotatable bonds is 7. The van der Waals surface area contributed by atoms with Crippen LogP contribution in [0.1, 0.15) is 31.1 Å². The fourth-order valence-electron chi connectivity index (χ4n) is 3.00. The summed E-state index contributed by atoms with van der Waals surface area (Å²) < 4.78 is 17.9. The van der Waals surface area contributed by atoms with Gasteiger partial charge >= 0.3 is 5.97 Å². The first-order valence-corrected chi connectivity index (χ1v) is 15.0. The number of amides is 1. The van der Waals surface area contributed by atoms with Crippen molar-refractivity contribution < 1.29 is 23.8 Å². The summed E-state index contributed by atoms with van der Waals surface area (Å²) in [7, 11) is 1.43. The molecule has 9 nitrogen and oxygen atoms in total. The molecule has 0 fully saturated rings. The molecule has 1 heterocycles. The summed E-state index contributed by atoms with van der Waals surface area (Å²) >= 11 is 14.0. The number of thiocarbonyl (C=S) groups is 1. The molecule has 2 N–H and O–H groups in total. The van der Waals surface area contributed by atoms with Gasteiger partial charge in [-0.15, -0.1) is 0 Å². The molecule has 13 heteroatoms. The number of fused-ring (bicyclic) bond motifs is 1. The molecule has 1 unspecified atom stereocenters. The summed E-state index contributed by atoms with van der Waals surface area (Å²) in [6, 6.07) is 8.21. The van der Waals surface area contributed by atoms with Crippen LogP contribution in [0.25, 0.3) is 10.9 Å². The second-order valence-corrected chi connectivity index (χ2v) is 11.0. The van der Waals surface area contributed by atoms with Gasteiger partial charge in [0.25, 0.3) is 5.91 Å². The van der Waals surface area contributed by atoms with Gasteiger partial charge in [-0.05, 0) is 85.4 Å². The van der Waals surface area contributed by atoms with Gasteiger partial charge in [0.15, 0.2) is 23.2 Å². The van der Waals surface area contributed by atoms with E-state index in [1.807, 2.05) is 10.5 Å². The van der Waals surface area contributed by atoms with Gasteiger partial charge < -0.3 is 19.5 Å². The normalized spacial score (nSPS) is 11.5. The number of carbonyl (C=O) groups excluding carboxylic acids is 2. The Kier molecular flexibility index (Phi) is 9.14. The molecular weight excluding hydrogens is 626 g/mol. The number of halogens is 2. The maximum absolute atomic E-state index is 12.7. The van der Waals surface area contributed by atoms with E-state index < -0.39 is 17.5 Å². The quantitative estimate of drug-likeness (QED) is 0.153. The van der Waals surface area contributed by atoms with Crippen molar-refractivity contribution in [1.82, 2.24) is 14.9 Å². The molecule has 0 aliphatic heterocycles. The molecule has 1 aromatic heterocycles. The molecule has 0 radical (unpaired) electrons. The first kappa shape index (κ1) is 27.4. The Morgan fingerprint density at radius 1 is 1.23 bits per heavy atom. The van der Waals surface area contributed by atoms with Gasteiger partial charge in [0.1, 0.15) is 5.60 Å². The summed E-state index contributed by atoms with van der Waals surface area (Å²) in [5.74, 6) is -0.405. The minimum absolute atomic E-state index is 0.0728. The summed E-state index contributed by atoms with van der Waals surface area (Å²) in [6.45, 7) is 5.01. The largest absolute Gasteiger partial charge is 0.493 e. The fraction of sp³-hybridized carbons (Fsp3) is 0.273. The van der Waals surface area contributed by atoms with Crippen molar-refractivity contribution >= 4 is 85.8 Å². The SMILES string of the molecule is COc1cc(C(=O)NC(=S)Nc2ccc3c(cnn3PI)c2Cl)ccc1OCC(=O)OC(C)(C)C. The Morgan fingerprint density at radius 3 is 2.63 bits per heavy atom. The zero-order valence-corrected chi connectivity index (χ0v) is 24.0. The second kappa shape index (κ2) is 11.7. The van der Waals surface area contributed by atoms with Crippen LogP contribution in [0.5, 0.6) is 11.5 Å². The molecule has 0 bridgehead atoms. The molecule has 3 rings (SSSR count). The van der Waals surface area contributed by atoms with Crippen molar-refractivity contribution in [3.05, 3.63) is 47.1 Å². The highest BCUT2D eigenvalue weighted by atomic mass is 127. The minimum atomic E-state index is -0.619. The summed E-state index contributed by atoms with van der Waals surface area (Å²) in [5.41, 5.74) is 1.11. The predicted molar refractivity (Wildman–Crippen MR) is 150 cm³/mol. The Morgan fingerprint density at radius 2 is 1.97 bits per heavy atom. The molecule has 0 aliphatic carbocycles. The van der Waals surface area contributed by atoms with Gasteiger partial charge in [0.05, 0.1) is 35.9 Å². The molecule has 3 aromatic rings. The number of nitrogens with one attached hydrogen (secondary N) is 2. The van der Waals surface area contributed by atoms with Crippen molar-refractivity contribution in [2.75, 3.05) is 19.0 Å². The third-order valence-corrected chi connectivity index (χ3v) is 6.93. The lowest BCUT2D eigenvalue weighted by molar-refractivity contribution is -0.157. The van der Waals surface area contributed by atoms with Crippen molar-refractivity contribution in [3.63, 3.8) is 0 Å². The zero-order chi connectivity index (χ0) is 25.8. The number of methoxy groups -OCH3 is 1. The molecule has 35 heavy (non-hydrogen) atoms. The Balaban J connectivity index is 1.65. The predicted octanol–water partition coefficient (Wildman–Crippen LogP) is 5.34. The highest BCUT2D eigenvalue weighted by Gasteiger charge is 2.19. The number of anilines is 1. The molecule has 0 saturated heterocycles. The molecule has 0 saturated carbocycles. The van der Waals surface area contributed by atoms with E-state index in [2.05, 4.69) is 37.8 Å². The molecule has 2 aromatic carbocycles. The number of nitrogens with zero attached hydrogens (tertiary/aromatic N) is 2. The number of benzene rings is 2. The standard InChI is InChI=1S/C22H23ClIN4O5PS/c1-22(2,3)33-18(29)11-32-16-8-5-12(9-17(16)31-4)20(30)27-21(35)26-14-6-7-15-13(19(14)23)10-25-28(15)34-24/h5-10,34H,11H2,1-4H3,(H2,26,27,30,35). The van der Waals surface area contributed by atoms with Crippen molar-refractivity contribution in [2.45, 2.75) is 26.4 Å². The first-order valence-electron chi connectivity index (χ1n) is 10.2. The number of carbonyl (C=O) groups is 2. The zero-order valence-electron chi connectivity index (χ0n) is 19.3. The van der Waals surface area contributed by atoms with E-state index in [9.17, 15) is 9.59 Å². The molecule has 186 valence electrons.